The summed E-state index contributed by atoms with van der Waals surface area (Å²) < 4.78 is 53.1. The molecule has 0 atom stereocenters. The van der Waals surface area contributed by atoms with E-state index in [4.69, 9.17) is 0 Å². The van der Waals surface area contributed by atoms with Gasteiger partial charge in [-0.1, -0.05) is 30.4 Å². The Bertz CT molecular complexity index is 948. The molecule has 0 saturated carbocycles. The quantitative estimate of drug-likeness (QED) is 0.821. The maximum atomic E-state index is 12.4. The van der Waals surface area contributed by atoms with Gasteiger partial charge in [0.1, 0.15) is 0 Å². The Kier molecular flexibility index (Phi) is 5.43. The zero-order valence-electron chi connectivity index (χ0n) is 13.2. The van der Waals surface area contributed by atoms with Crippen molar-refractivity contribution in [3.05, 3.63) is 60.2 Å². The first kappa shape index (κ1) is 18.2. The summed E-state index contributed by atoms with van der Waals surface area (Å²) in [6.45, 7) is 1.89. The van der Waals surface area contributed by atoms with Crippen LogP contribution < -0.4 is 9.44 Å². The molecule has 6 nitrogen and oxygen atoms in total. The van der Waals surface area contributed by atoms with E-state index in [-0.39, 0.29) is 9.79 Å². The Labute approximate surface area is 142 Å². The van der Waals surface area contributed by atoms with Crippen LogP contribution in [0.15, 0.2) is 64.4 Å². The molecule has 2 aromatic rings. The minimum Gasteiger partial charge on any atom is -0.280 e. The van der Waals surface area contributed by atoms with Crippen LogP contribution in [0, 0.1) is 0 Å². The summed E-state index contributed by atoms with van der Waals surface area (Å²) in [5.74, 6) is 0. The molecule has 0 aliphatic carbocycles. The van der Waals surface area contributed by atoms with Gasteiger partial charge in [-0.15, -0.1) is 0 Å². The highest BCUT2D eigenvalue weighted by molar-refractivity contribution is 7.93. The van der Waals surface area contributed by atoms with Crippen molar-refractivity contribution < 1.29 is 16.8 Å². The average molecular weight is 366 g/mol. The Hall–Kier alpha value is -2.16. The molecule has 24 heavy (non-hydrogen) atoms. The third kappa shape index (κ3) is 4.22. The number of anilines is 1. The van der Waals surface area contributed by atoms with E-state index >= 15 is 0 Å². The third-order valence-electron chi connectivity index (χ3n) is 3.22. The first-order valence-electron chi connectivity index (χ1n) is 7.08. The summed E-state index contributed by atoms with van der Waals surface area (Å²) >= 11 is 0. The Morgan fingerprint density at radius 3 is 2.00 bits per heavy atom. The van der Waals surface area contributed by atoms with Gasteiger partial charge in [0.25, 0.3) is 10.0 Å². The molecule has 0 unspecified atom stereocenters. The number of hydrogen-bond donors (Lipinski definition) is 2. The predicted octanol–water partition coefficient (Wildman–Crippen LogP) is 2.43. The number of hydrogen-bond acceptors (Lipinski definition) is 4. The second-order valence-electron chi connectivity index (χ2n) is 4.91. The van der Waals surface area contributed by atoms with Crippen LogP contribution in [0.2, 0.25) is 0 Å². The molecule has 0 aliphatic heterocycles. The SMILES string of the molecule is C/C=C/c1ccc(NS(=O)(=O)c2cccc(S(=O)(=O)NC)c2)cc1. The Morgan fingerprint density at radius 2 is 1.46 bits per heavy atom. The van der Waals surface area contributed by atoms with Gasteiger partial charge in [0.15, 0.2) is 0 Å². The lowest BCUT2D eigenvalue weighted by molar-refractivity contribution is 0.588. The standard InChI is InChI=1S/C16H18N2O4S2/c1-3-5-13-8-10-14(11-9-13)18-24(21,22)16-7-4-6-15(12-16)23(19,20)17-2/h3-12,17-18H,1-2H3/b5-3+. The van der Waals surface area contributed by atoms with E-state index in [1.807, 2.05) is 19.1 Å². The molecule has 0 spiro atoms. The van der Waals surface area contributed by atoms with Crippen LogP contribution in [0.1, 0.15) is 12.5 Å². The maximum absolute atomic E-state index is 12.4. The molecule has 0 bridgehead atoms. The predicted molar refractivity (Wildman–Crippen MR) is 94.6 cm³/mol. The van der Waals surface area contributed by atoms with E-state index in [1.165, 1.54) is 25.2 Å². The topological polar surface area (TPSA) is 92.3 Å². The zero-order valence-corrected chi connectivity index (χ0v) is 14.9. The van der Waals surface area contributed by atoms with Gasteiger partial charge < -0.3 is 0 Å². The zero-order chi connectivity index (χ0) is 17.8. The molecule has 0 saturated heterocycles. The summed E-state index contributed by atoms with van der Waals surface area (Å²) in [6, 6.07) is 12.0. The molecule has 0 amide bonds. The van der Waals surface area contributed by atoms with Crippen molar-refractivity contribution in [3.63, 3.8) is 0 Å². The monoisotopic (exact) mass is 366 g/mol. The lowest BCUT2D eigenvalue weighted by atomic mass is 10.2. The van der Waals surface area contributed by atoms with Gasteiger partial charge in [0.05, 0.1) is 9.79 Å². The third-order valence-corrected chi connectivity index (χ3v) is 6.01. The molecule has 2 rings (SSSR count). The van der Waals surface area contributed by atoms with Crippen molar-refractivity contribution in [2.24, 2.45) is 0 Å². The molecule has 128 valence electrons. The molecule has 0 aromatic heterocycles. The number of sulfonamides is 2. The van der Waals surface area contributed by atoms with Crippen molar-refractivity contribution in [2.75, 3.05) is 11.8 Å². The highest BCUT2D eigenvalue weighted by Crippen LogP contribution is 2.19. The first-order valence-corrected chi connectivity index (χ1v) is 10.0. The van der Waals surface area contributed by atoms with Crippen LogP contribution in [-0.2, 0) is 20.0 Å². The minimum atomic E-state index is -3.89. The normalized spacial score (nSPS) is 12.4. The van der Waals surface area contributed by atoms with Gasteiger partial charge in [0.2, 0.25) is 10.0 Å². The summed E-state index contributed by atoms with van der Waals surface area (Å²) in [5, 5.41) is 0. The number of rotatable bonds is 6. The van der Waals surface area contributed by atoms with Crippen molar-refractivity contribution in [1.29, 1.82) is 0 Å². The van der Waals surface area contributed by atoms with Crippen molar-refractivity contribution in [3.8, 4) is 0 Å². The van der Waals surface area contributed by atoms with E-state index in [9.17, 15) is 16.8 Å². The fraction of sp³-hybridized carbons (Fsp3) is 0.125. The van der Waals surface area contributed by atoms with Crippen LogP contribution in [-0.4, -0.2) is 23.9 Å². The molecule has 8 heteroatoms. The molecule has 2 N–H and O–H groups in total. The van der Waals surface area contributed by atoms with E-state index in [1.54, 1.807) is 24.3 Å². The second kappa shape index (κ2) is 7.16. The van der Waals surface area contributed by atoms with Crippen molar-refractivity contribution in [1.82, 2.24) is 4.72 Å². The largest absolute Gasteiger partial charge is 0.280 e. The van der Waals surface area contributed by atoms with Crippen LogP contribution in [0.5, 0.6) is 0 Å². The van der Waals surface area contributed by atoms with E-state index < -0.39 is 20.0 Å². The van der Waals surface area contributed by atoms with Gasteiger partial charge in [-0.2, -0.15) is 0 Å². The lowest BCUT2D eigenvalue weighted by Gasteiger charge is -2.10. The van der Waals surface area contributed by atoms with Crippen LogP contribution in [0.25, 0.3) is 6.08 Å². The molecule has 0 aliphatic rings. The highest BCUT2D eigenvalue weighted by atomic mass is 32.2. The smallest absolute Gasteiger partial charge is 0.261 e. The minimum absolute atomic E-state index is 0.115. The van der Waals surface area contributed by atoms with Crippen molar-refractivity contribution in [2.45, 2.75) is 16.7 Å². The van der Waals surface area contributed by atoms with Crippen LogP contribution >= 0.6 is 0 Å². The fourth-order valence-corrected chi connectivity index (χ4v) is 3.95. The summed E-state index contributed by atoms with van der Waals surface area (Å²) in [4.78, 5) is -0.243. The van der Waals surface area contributed by atoms with Crippen LogP contribution in [0.4, 0.5) is 5.69 Å². The molecule has 0 radical (unpaired) electrons. The summed E-state index contributed by atoms with van der Waals surface area (Å²) in [6.07, 6.45) is 3.78. The molecular formula is C16H18N2O4S2. The van der Waals surface area contributed by atoms with E-state index in [0.717, 1.165) is 11.6 Å². The van der Waals surface area contributed by atoms with Gasteiger partial charge in [-0.25, -0.2) is 21.6 Å². The van der Waals surface area contributed by atoms with Gasteiger partial charge in [-0.3, -0.25) is 4.72 Å². The van der Waals surface area contributed by atoms with Crippen molar-refractivity contribution >= 4 is 31.8 Å². The maximum Gasteiger partial charge on any atom is 0.261 e. The van der Waals surface area contributed by atoms with E-state index in [2.05, 4.69) is 9.44 Å². The molecule has 0 fully saturated rings. The molecule has 0 heterocycles. The number of nitrogens with one attached hydrogen (secondary N) is 2. The summed E-state index contributed by atoms with van der Waals surface area (Å²) in [7, 11) is -6.34. The van der Waals surface area contributed by atoms with E-state index in [0.29, 0.717) is 5.69 Å². The Morgan fingerprint density at radius 1 is 0.875 bits per heavy atom. The second-order valence-corrected chi connectivity index (χ2v) is 8.48. The number of allylic oxidation sites excluding steroid dienone is 1. The van der Waals surface area contributed by atoms with Gasteiger partial charge >= 0.3 is 0 Å². The van der Waals surface area contributed by atoms with Gasteiger partial charge in [-0.05, 0) is 49.9 Å². The average Bonchev–Trinajstić information content (AvgIpc) is 2.57. The van der Waals surface area contributed by atoms with Gasteiger partial charge in [0, 0.05) is 5.69 Å². The fourth-order valence-electron chi connectivity index (χ4n) is 2.00. The first-order chi connectivity index (χ1) is 11.3. The Balaban J connectivity index is 2.32. The molecule has 2 aromatic carbocycles. The lowest BCUT2D eigenvalue weighted by Crippen LogP contribution is -2.19. The highest BCUT2D eigenvalue weighted by Gasteiger charge is 2.18. The summed E-state index contributed by atoms with van der Waals surface area (Å²) in [5.41, 5.74) is 1.34. The number of benzene rings is 2. The van der Waals surface area contributed by atoms with Crippen LogP contribution in [0.3, 0.4) is 0 Å². The molecular weight excluding hydrogens is 348 g/mol.